The van der Waals surface area contributed by atoms with E-state index in [4.69, 9.17) is 5.26 Å². The summed E-state index contributed by atoms with van der Waals surface area (Å²) in [7, 11) is 0. The summed E-state index contributed by atoms with van der Waals surface area (Å²) < 4.78 is 0. The van der Waals surface area contributed by atoms with E-state index < -0.39 is 0 Å². The molecule has 28 heavy (non-hydrogen) atoms. The molecular formula is C21H19ClN4OS. The molecule has 0 bridgehead atoms. The molecular weight excluding hydrogens is 392 g/mol. The van der Waals surface area contributed by atoms with Gasteiger partial charge in [0.25, 0.3) is 5.91 Å². The normalized spacial score (nSPS) is 13.1. The lowest BCUT2D eigenvalue weighted by Gasteiger charge is -2.25. The van der Waals surface area contributed by atoms with Gasteiger partial charge in [0.2, 0.25) is 0 Å². The molecule has 0 saturated carbocycles. The van der Waals surface area contributed by atoms with Crippen LogP contribution in [0.4, 0.5) is 5.13 Å². The fourth-order valence-corrected chi connectivity index (χ4v) is 4.19. The van der Waals surface area contributed by atoms with E-state index >= 15 is 0 Å². The van der Waals surface area contributed by atoms with Gasteiger partial charge in [-0.05, 0) is 29.8 Å². The van der Waals surface area contributed by atoms with E-state index in [9.17, 15) is 4.79 Å². The number of aromatic nitrogens is 1. The Kier molecular flexibility index (Phi) is 6.42. The molecule has 0 fully saturated rings. The number of hydrogen-bond acceptors (Lipinski definition) is 5. The van der Waals surface area contributed by atoms with Gasteiger partial charge in [-0.2, -0.15) is 5.26 Å². The smallest absolute Gasteiger partial charge is 0.257 e. The number of nitrogens with one attached hydrogen (secondary N) is 1. The van der Waals surface area contributed by atoms with Gasteiger partial charge in [-0.1, -0.05) is 30.3 Å². The third-order valence-electron chi connectivity index (χ3n) is 4.56. The van der Waals surface area contributed by atoms with E-state index in [2.05, 4.69) is 45.5 Å². The summed E-state index contributed by atoms with van der Waals surface area (Å²) in [4.78, 5) is 20.6. The molecule has 0 aliphatic carbocycles. The first-order chi connectivity index (χ1) is 13.2. The molecule has 0 unspecified atom stereocenters. The zero-order valence-corrected chi connectivity index (χ0v) is 16.7. The Morgan fingerprint density at radius 1 is 1.18 bits per heavy atom. The highest BCUT2D eigenvalue weighted by atomic mass is 35.5. The summed E-state index contributed by atoms with van der Waals surface area (Å²) in [5.74, 6) is -0.202. The molecule has 3 aromatic rings. The van der Waals surface area contributed by atoms with Crippen molar-refractivity contribution in [2.45, 2.75) is 19.5 Å². The van der Waals surface area contributed by atoms with E-state index in [1.54, 1.807) is 35.6 Å². The highest BCUT2D eigenvalue weighted by Crippen LogP contribution is 2.29. The van der Waals surface area contributed by atoms with Crippen LogP contribution in [0.15, 0.2) is 54.6 Å². The van der Waals surface area contributed by atoms with E-state index in [0.29, 0.717) is 16.3 Å². The number of carbonyl (C=O) groups is 1. The molecule has 0 radical (unpaired) electrons. The molecule has 2 aromatic carbocycles. The Hall–Kier alpha value is -2.72. The molecule has 1 aliphatic heterocycles. The Labute approximate surface area is 174 Å². The number of halogens is 1. The van der Waals surface area contributed by atoms with Crippen LogP contribution in [0.5, 0.6) is 0 Å². The van der Waals surface area contributed by atoms with E-state index in [1.807, 2.05) is 6.07 Å². The van der Waals surface area contributed by atoms with Crippen molar-refractivity contribution in [2.75, 3.05) is 11.9 Å². The van der Waals surface area contributed by atoms with Gasteiger partial charge < -0.3 is 0 Å². The molecule has 2 heterocycles. The third kappa shape index (κ3) is 4.57. The van der Waals surface area contributed by atoms with E-state index in [-0.39, 0.29) is 18.3 Å². The minimum atomic E-state index is -0.202. The van der Waals surface area contributed by atoms with Crippen molar-refractivity contribution in [1.29, 1.82) is 5.26 Å². The molecule has 7 heteroatoms. The van der Waals surface area contributed by atoms with Gasteiger partial charge in [0.1, 0.15) is 0 Å². The molecule has 0 spiro atoms. The fourth-order valence-electron chi connectivity index (χ4n) is 3.14. The monoisotopic (exact) mass is 410 g/mol. The van der Waals surface area contributed by atoms with Crippen molar-refractivity contribution >= 4 is 34.8 Å². The average molecular weight is 411 g/mol. The second kappa shape index (κ2) is 8.98. The van der Waals surface area contributed by atoms with Crippen molar-refractivity contribution in [1.82, 2.24) is 9.88 Å². The quantitative estimate of drug-likeness (QED) is 0.698. The Morgan fingerprint density at radius 3 is 2.64 bits per heavy atom. The van der Waals surface area contributed by atoms with Gasteiger partial charge in [-0.25, -0.2) is 4.98 Å². The van der Waals surface area contributed by atoms with Crippen molar-refractivity contribution in [3.63, 3.8) is 0 Å². The molecule has 1 N–H and O–H groups in total. The van der Waals surface area contributed by atoms with Gasteiger partial charge in [0, 0.05) is 36.5 Å². The maximum absolute atomic E-state index is 12.4. The Morgan fingerprint density at radius 2 is 1.93 bits per heavy atom. The van der Waals surface area contributed by atoms with Crippen molar-refractivity contribution in [2.24, 2.45) is 0 Å². The Bertz CT molecular complexity index is 995. The second-order valence-electron chi connectivity index (χ2n) is 6.48. The lowest BCUT2D eigenvalue weighted by atomic mass is 10.1. The van der Waals surface area contributed by atoms with Crippen molar-refractivity contribution < 1.29 is 4.79 Å². The van der Waals surface area contributed by atoms with Crippen LogP contribution in [0.25, 0.3) is 0 Å². The second-order valence-corrected chi connectivity index (χ2v) is 7.56. The van der Waals surface area contributed by atoms with Crippen molar-refractivity contribution in [3.05, 3.63) is 81.9 Å². The molecule has 1 aromatic heterocycles. The van der Waals surface area contributed by atoms with Crippen LogP contribution >= 0.6 is 23.7 Å². The van der Waals surface area contributed by atoms with Crippen LogP contribution in [0, 0.1) is 11.3 Å². The SMILES string of the molecule is Cl.N#Cc1ccc(C(=O)Nc2nc3c(s2)CN(Cc2ccccc2)CC3)cc1. The number of hydrogen-bond donors (Lipinski definition) is 1. The summed E-state index contributed by atoms with van der Waals surface area (Å²) in [6.45, 7) is 2.74. The largest absolute Gasteiger partial charge is 0.298 e. The number of amides is 1. The van der Waals surface area contributed by atoms with E-state index in [0.717, 1.165) is 31.7 Å². The summed E-state index contributed by atoms with van der Waals surface area (Å²) in [5.41, 5.74) is 3.45. The first-order valence-electron chi connectivity index (χ1n) is 8.77. The average Bonchev–Trinajstić information content (AvgIpc) is 3.10. The lowest BCUT2D eigenvalue weighted by Crippen LogP contribution is -2.29. The molecule has 1 amide bonds. The molecule has 1 aliphatic rings. The van der Waals surface area contributed by atoms with Crippen molar-refractivity contribution in [3.8, 4) is 6.07 Å². The van der Waals surface area contributed by atoms with Gasteiger partial charge in [0.05, 0.1) is 17.3 Å². The molecule has 0 saturated heterocycles. The van der Waals surface area contributed by atoms with Gasteiger partial charge in [0.15, 0.2) is 5.13 Å². The summed E-state index contributed by atoms with van der Waals surface area (Å²) in [6, 6.07) is 19.1. The topological polar surface area (TPSA) is 69.0 Å². The number of fused-ring (bicyclic) bond motifs is 1. The number of nitrogens with zero attached hydrogens (tertiary/aromatic N) is 3. The minimum absolute atomic E-state index is 0. The maximum atomic E-state index is 12.4. The molecule has 142 valence electrons. The van der Waals surface area contributed by atoms with Crippen LogP contribution in [0.2, 0.25) is 0 Å². The van der Waals surface area contributed by atoms with Crippen LogP contribution in [-0.4, -0.2) is 22.3 Å². The lowest BCUT2D eigenvalue weighted by molar-refractivity contribution is 0.102. The fraction of sp³-hybridized carbons (Fsp3) is 0.190. The zero-order valence-electron chi connectivity index (χ0n) is 15.1. The van der Waals surface area contributed by atoms with Gasteiger partial charge >= 0.3 is 0 Å². The molecule has 4 rings (SSSR count). The molecule has 0 atom stereocenters. The number of carbonyl (C=O) groups excluding carboxylic acids is 1. The summed E-state index contributed by atoms with van der Waals surface area (Å²) in [6.07, 6.45) is 0.894. The van der Waals surface area contributed by atoms with Crippen LogP contribution in [0.1, 0.15) is 32.1 Å². The number of anilines is 1. The van der Waals surface area contributed by atoms with Crippen LogP contribution in [0.3, 0.4) is 0 Å². The van der Waals surface area contributed by atoms with E-state index in [1.165, 1.54) is 10.4 Å². The first-order valence-corrected chi connectivity index (χ1v) is 9.59. The standard InChI is InChI=1S/C21H18N4OS.ClH/c22-12-15-6-8-17(9-7-15)20(26)24-21-23-18-10-11-25(14-19(18)27-21)13-16-4-2-1-3-5-16;/h1-9H,10-11,13-14H2,(H,23,24,26);1H. The summed E-state index contributed by atoms with van der Waals surface area (Å²) in [5, 5.41) is 12.4. The van der Waals surface area contributed by atoms with Gasteiger partial charge in [-0.15, -0.1) is 23.7 Å². The first kappa shape index (κ1) is 20.0. The predicted molar refractivity (Wildman–Crippen MR) is 113 cm³/mol. The minimum Gasteiger partial charge on any atom is -0.298 e. The number of thiazole rings is 1. The highest BCUT2D eigenvalue weighted by molar-refractivity contribution is 7.15. The van der Waals surface area contributed by atoms with Gasteiger partial charge in [-0.3, -0.25) is 15.0 Å². The number of rotatable bonds is 4. The molecule has 5 nitrogen and oxygen atoms in total. The predicted octanol–water partition coefficient (Wildman–Crippen LogP) is 4.25. The zero-order chi connectivity index (χ0) is 18.6. The van der Waals surface area contributed by atoms with Crippen LogP contribution in [-0.2, 0) is 19.5 Å². The number of benzene rings is 2. The third-order valence-corrected chi connectivity index (χ3v) is 5.55. The Balaban J connectivity index is 0.00000225. The van der Waals surface area contributed by atoms with Crippen LogP contribution < -0.4 is 5.32 Å². The maximum Gasteiger partial charge on any atom is 0.257 e. The summed E-state index contributed by atoms with van der Waals surface area (Å²) >= 11 is 1.54. The highest BCUT2D eigenvalue weighted by Gasteiger charge is 2.21. The number of nitriles is 1.